The molecule has 1 aromatic heterocycles. The molecular formula is C20H25N3O3. The third kappa shape index (κ3) is 5.31. The number of pyridine rings is 1. The van der Waals surface area contributed by atoms with Gasteiger partial charge >= 0.3 is 0 Å². The Morgan fingerprint density at radius 2 is 1.77 bits per heavy atom. The normalized spacial score (nSPS) is 11.1. The molecule has 0 fully saturated rings. The highest BCUT2D eigenvalue weighted by molar-refractivity contribution is 6.09. The minimum absolute atomic E-state index is 0.0807. The van der Waals surface area contributed by atoms with Crippen molar-refractivity contribution >= 4 is 17.5 Å². The van der Waals surface area contributed by atoms with Crippen molar-refractivity contribution in [3.63, 3.8) is 0 Å². The molecule has 1 heterocycles. The van der Waals surface area contributed by atoms with E-state index in [4.69, 9.17) is 4.74 Å². The van der Waals surface area contributed by atoms with Crippen molar-refractivity contribution in [2.45, 2.75) is 40.3 Å². The van der Waals surface area contributed by atoms with Gasteiger partial charge in [0.1, 0.15) is 11.2 Å². The number of ether oxygens (including phenoxy) is 1. The van der Waals surface area contributed by atoms with E-state index < -0.39 is 5.41 Å². The number of nitrogens with zero attached hydrogens (tertiary/aromatic N) is 1. The van der Waals surface area contributed by atoms with Crippen LogP contribution in [0.5, 0.6) is 5.75 Å². The molecule has 26 heavy (non-hydrogen) atoms. The van der Waals surface area contributed by atoms with Gasteiger partial charge in [0.15, 0.2) is 0 Å². The fraction of sp³-hybridized carbons (Fsp3) is 0.350. The number of benzene rings is 1. The highest BCUT2D eigenvalue weighted by Gasteiger charge is 2.36. The number of anilines is 1. The van der Waals surface area contributed by atoms with E-state index in [0.717, 1.165) is 11.4 Å². The Morgan fingerprint density at radius 1 is 1.08 bits per heavy atom. The van der Waals surface area contributed by atoms with Crippen molar-refractivity contribution in [2.24, 2.45) is 5.41 Å². The molecular weight excluding hydrogens is 330 g/mol. The predicted octanol–water partition coefficient (Wildman–Crippen LogP) is 3.15. The monoisotopic (exact) mass is 355 g/mol. The highest BCUT2D eigenvalue weighted by Crippen LogP contribution is 2.21. The second-order valence-corrected chi connectivity index (χ2v) is 6.77. The van der Waals surface area contributed by atoms with Crippen molar-refractivity contribution in [1.82, 2.24) is 10.3 Å². The Kier molecular flexibility index (Phi) is 6.33. The minimum Gasteiger partial charge on any atom is -0.491 e. The van der Waals surface area contributed by atoms with Crippen LogP contribution in [0.3, 0.4) is 0 Å². The van der Waals surface area contributed by atoms with Gasteiger partial charge in [-0.25, -0.2) is 0 Å². The molecule has 0 unspecified atom stereocenters. The first-order valence-electron chi connectivity index (χ1n) is 8.55. The zero-order valence-electron chi connectivity index (χ0n) is 15.6. The van der Waals surface area contributed by atoms with Crippen LogP contribution in [-0.2, 0) is 16.1 Å². The summed E-state index contributed by atoms with van der Waals surface area (Å²) in [4.78, 5) is 29.1. The summed E-state index contributed by atoms with van der Waals surface area (Å²) in [5, 5.41) is 5.53. The average Bonchev–Trinajstić information content (AvgIpc) is 2.61. The van der Waals surface area contributed by atoms with Gasteiger partial charge in [0.05, 0.1) is 18.3 Å². The van der Waals surface area contributed by atoms with Crippen LogP contribution in [0.25, 0.3) is 0 Å². The standard InChI is InChI=1S/C20H25N3O3/c1-14(2)26-17-10-8-15(9-11-17)23-19(25)20(3,4)18(24)22-13-16-7-5-6-12-21-16/h5-12,14H,13H2,1-4H3,(H,22,24)(H,23,25). The average molecular weight is 355 g/mol. The van der Waals surface area contributed by atoms with E-state index in [0.29, 0.717) is 5.69 Å². The molecule has 2 amide bonds. The summed E-state index contributed by atoms with van der Waals surface area (Å²) in [5.74, 6) is -0.0145. The predicted molar refractivity (Wildman–Crippen MR) is 101 cm³/mol. The lowest BCUT2D eigenvalue weighted by molar-refractivity contribution is -0.138. The van der Waals surface area contributed by atoms with Crippen LogP contribution >= 0.6 is 0 Å². The van der Waals surface area contributed by atoms with E-state index in [2.05, 4.69) is 15.6 Å². The minimum atomic E-state index is -1.22. The van der Waals surface area contributed by atoms with E-state index in [9.17, 15) is 9.59 Å². The smallest absolute Gasteiger partial charge is 0.239 e. The molecule has 2 N–H and O–H groups in total. The quantitative estimate of drug-likeness (QED) is 0.748. The molecule has 0 saturated heterocycles. The molecule has 6 heteroatoms. The van der Waals surface area contributed by atoms with Gasteiger partial charge in [-0.3, -0.25) is 14.6 Å². The summed E-state index contributed by atoms with van der Waals surface area (Å²) in [5.41, 5.74) is 0.122. The molecule has 0 aliphatic rings. The van der Waals surface area contributed by atoms with E-state index in [1.807, 2.05) is 26.0 Å². The van der Waals surface area contributed by atoms with Crippen molar-refractivity contribution in [3.05, 3.63) is 54.4 Å². The van der Waals surface area contributed by atoms with E-state index >= 15 is 0 Å². The van der Waals surface area contributed by atoms with Gasteiger partial charge < -0.3 is 15.4 Å². The van der Waals surface area contributed by atoms with Gasteiger partial charge in [0.25, 0.3) is 0 Å². The lowest BCUT2D eigenvalue weighted by Gasteiger charge is -2.22. The van der Waals surface area contributed by atoms with Crippen LogP contribution in [0, 0.1) is 5.41 Å². The zero-order chi connectivity index (χ0) is 19.2. The first-order valence-corrected chi connectivity index (χ1v) is 8.55. The molecule has 0 saturated carbocycles. The third-order valence-electron chi connectivity index (χ3n) is 3.78. The maximum absolute atomic E-state index is 12.5. The first kappa shape index (κ1) is 19.4. The molecule has 0 radical (unpaired) electrons. The van der Waals surface area contributed by atoms with Crippen molar-refractivity contribution in [1.29, 1.82) is 0 Å². The van der Waals surface area contributed by atoms with Crippen LogP contribution in [-0.4, -0.2) is 22.9 Å². The fourth-order valence-electron chi connectivity index (χ4n) is 2.17. The summed E-state index contributed by atoms with van der Waals surface area (Å²) >= 11 is 0. The molecule has 6 nitrogen and oxygen atoms in total. The number of amides is 2. The maximum atomic E-state index is 12.5. The molecule has 0 bridgehead atoms. The number of carbonyl (C=O) groups excluding carboxylic acids is 2. The fourth-order valence-corrected chi connectivity index (χ4v) is 2.17. The summed E-state index contributed by atoms with van der Waals surface area (Å²) in [7, 11) is 0. The molecule has 2 aromatic rings. The van der Waals surface area contributed by atoms with Crippen LogP contribution in [0.15, 0.2) is 48.7 Å². The van der Waals surface area contributed by atoms with Gasteiger partial charge in [-0.05, 0) is 64.1 Å². The van der Waals surface area contributed by atoms with Crippen LogP contribution in [0.1, 0.15) is 33.4 Å². The van der Waals surface area contributed by atoms with Gasteiger partial charge in [-0.15, -0.1) is 0 Å². The number of hydrogen-bond acceptors (Lipinski definition) is 4. The Balaban J connectivity index is 1.94. The summed E-state index contributed by atoms with van der Waals surface area (Å²) in [6, 6.07) is 12.5. The first-order chi connectivity index (χ1) is 12.3. The van der Waals surface area contributed by atoms with Gasteiger partial charge in [0, 0.05) is 11.9 Å². The van der Waals surface area contributed by atoms with Crippen molar-refractivity contribution in [3.8, 4) is 5.75 Å². The second-order valence-electron chi connectivity index (χ2n) is 6.77. The Morgan fingerprint density at radius 3 is 2.35 bits per heavy atom. The van der Waals surface area contributed by atoms with Crippen LogP contribution in [0.4, 0.5) is 5.69 Å². The number of carbonyl (C=O) groups is 2. The number of hydrogen-bond donors (Lipinski definition) is 2. The van der Waals surface area contributed by atoms with E-state index in [-0.39, 0.29) is 24.5 Å². The molecule has 0 aliphatic carbocycles. The zero-order valence-corrected chi connectivity index (χ0v) is 15.6. The van der Waals surface area contributed by atoms with Gasteiger partial charge in [0.2, 0.25) is 11.8 Å². The molecule has 0 aliphatic heterocycles. The molecule has 2 rings (SSSR count). The summed E-state index contributed by atoms with van der Waals surface area (Å²) in [6.07, 6.45) is 1.74. The Labute approximate surface area is 154 Å². The number of aromatic nitrogens is 1. The second kappa shape index (κ2) is 8.47. The summed E-state index contributed by atoms with van der Waals surface area (Å²) < 4.78 is 5.57. The number of nitrogens with one attached hydrogen (secondary N) is 2. The molecule has 1 aromatic carbocycles. The lowest BCUT2D eigenvalue weighted by Crippen LogP contribution is -2.44. The lowest BCUT2D eigenvalue weighted by atomic mass is 9.91. The molecule has 0 atom stereocenters. The maximum Gasteiger partial charge on any atom is 0.239 e. The Hall–Kier alpha value is -2.89. The molecule has 138 valence electrons. The Bertz CT molecular complexity index is 741. The highest BCUT2D eigenvalue weighted by atomic mass is 16.5. The van der Waals surface area contributed by atoms with Gasteiger partial charge in [-0.2, -0.15) is 0 Å². The van der Waals surface area contributed by atoms with Crippen LogP contribution in [0.2, 0.25) is 0 Å². The molecule has 0 spiro atoms. The largest absolute Gasteiger partial charge is 0.491 e. The van der Waals surface area contributed by atoms with Gasteiger partial charge in [-0.1, -0.05) is 6.07 Å². The number of rotatable bonds is 7. The van der Waals surface area contributed by atoms with Crippen molar-refractivity contribution < 1.29 is 14.3 Å². The summed E-state index contributed by atoms with van der Waals surface area (Å²) in [6.45, 7) is 7.35. The topological polar surface area (TPSA) is 80.3 Å². The van der Waals surface area contributed by atoms with Crippen LogP contribution < -0.4 is 15.4 Å². The van der Waals surface area contributed by atoms with Crippen molar-refractivity contribution in [2.75, 3.05) is 5.32 Å². The van der Waals surface area contributed by atoms with E-state index in [1.54, 1.807) is 50.4 Å². The third-order valence-corrected chi connectivity index (χ3v) is 3.78. The van der Waals surface area contributed by atoms with E-state index in [1.165, 1.54) is 0 Å². The SMILES string of the molecule is CC(C)Oc1ccc(NC(=O)C(C)(C)C(=O)NCc2ccccn2)cc1.